The molecule has 1 saturated heterocycles. The number of hydrogen-bond acceptors (Lipinski definition) is 4. The Kier molecular flexibility index (Phi) is 5.45. The Bertz CT molecular complexity index is 500. The summed E-state index contributed by atoms with van der Waals surface area (Å²) in [6.07, 6.45) is 0. The van der Waals surface area contributed by atoms with Crippen molar-refractivity contribution in [3.05, 3.63) is 28.8 Å². The first-order valence-electron chi connectivity index (χ1n) is 7.11. The van der Waals surface area contributed by atoms with Crippen molar-refractivity contribution in [2.45, 2.75) is 13.0 Å². The summed E-state index contributed by atoms with van der Waals surface area (Å²) in [5.41, 5.74) is 6.74. The van der Waals surface area contributed by atoms with Gasteiger partial charge in [0.2, 0.25) is 0 Å². The van der Waals surface area contributed by atoms with E-state index in [-0.39, 0.29) is 18.6 Å². The maximum absolute atomic E-state index is 12.1. The summed E-state index contributed by atoms with van der Waals surface area (Å²) in [6, 6.07) is 5.33. The van der Waals surface area contributed by atoms with Crippen LogP contribution in [0.1, 0.15) is 18.5 Å². The molecule has 1 aromatic rings. The number of benzene rings is 1. The number of amides is 1. The smallest absolute Gasteiger partial charge is 0.260 e. The van der Waals surface area contributed by atoms with Crippen LogP contribution in [0.5, 0.6) is 5.75 Å². The molecule has 0 unspecified atom stereocenters. The fourth-order valence-electron chi connectivity index (χ4n) is 2.20. The number of carbonyl (C=O) groups is 1. The van der Waals surface area contributed by atoms with Gasteiger partial charge in [0.1, 0.15) is 5.75 Å². The third-order valence-corrected chi connectivity index (χ3v) is 3.98. The van der Waals surface area contributed by atoms with Gasteiger partial charge in [-0.15, -0.1) is 0 Å². The van der Waals surface area contributed by atoms with Gasteiger partial charge in [0.05, 0.1) is 5.02 Å². The Morgan fingerprint density at radius 1 is 1.38 bits per heavy atom. The van der Waals surface area contributed by atoms with E-state index in [1.54, 1.807) is 12.1 Å². The highest BCUT2D eigenvalue weighted by Gasteiger charge is 2.19. The van der Waals surface area contributed by atoms with Crippen LogP contribution in [0.2, 0.25) is 5.02 Å². The Balaban J connectivity index is 1.89. The van der Waals surface area contributed by atoms with Crippen molar-refractivity contribution >= 4 is 17.5 Å². The molecule has 1 fully saturated rings. The zero-order valence-corrected chi connectivity index (χ0v) is 13.3. The van der Waals surface area contributed by atoms with Gasteiger partial charge in [-0.3, -0.25) is 4.79 Å². The summed E-state index contributed by atoms with van der Waals surface area (Å²) in [5, 5.41) is 0.482. The highest BCUT2D eigenvalue weighted by Crippen LogP contribution is 2.27. The lowest BCUT2D eigenvalue weighted by Gasteiger charge is -2.32. The molecule has 1 aliphatic heterocycles. The summed E-state index contributed by atoms with van der Waals surface area (Å²) < 4.78 is 5.54. The molecule has 0 bridgehead atoms. The summed E-state index contributed by atoms with van der Waals surface area (Å²) >= 11 is 6.15. The van der Waals surface area contributed by atoms with Crippen LogP contribution in [0.15, 0.2) is 18.2 Å². The molecule has 6 heteroatoms. The minimum atomic E-state index is -0.0801. The first-order valence-corrected chi connectivity index (χ1v) is 7.49. The number of rotatable bonds is 4. The van der Waals surface area contributed by atoms with E-state index in [0.29, 0.717) is 10.8 Å². The number of halogens is 1. The van der Waals surface area contributed by atoms with Crippen molar-refractivity contribution in [3.8, 4) is 5.75 Å². The normalized spacial score (nSPS) is 17.6. The molecule has 1 aliphatic rings. The topological polar surface area (TPSA) is 58.8 Å². The van der Waals surface area contributed by atoms with Crippen LogP contribution in [0.25, 0.3) is 0 Å². The van der Waals surface area contributed by atoms with Crippen molar-refractivity contribution in [2.24, 2.45) is 5.73 Å². The second-order valence-corrected chi connectivity index (χ2v) is 5.86. The first kappa shape index (κ1) is 16.1. The van der Waals surface area contributed by atoms with Crippen molar-refractivity contribution < 1.29 is 9.53 Å². The number of carbonyl (C=O) groups excluding carboxylic acids is 1. The van der Waals surface area contributed by atoms with Crippen LogP contribution < -0.4 is 10.5 Å². The molecule has 0 spiro atoms. The Hall–Kier alpha value is -1.30. The fourth-order valence-corrected chi connectivity index (χ4v) is 2.45. The average molecular weight is 312 g/mol. The van der Waals surface area contributed by atoms with Crippen LogP contribution in [0.3, 0.4) is 0 Å². The van der Waals surface area contributed by atoms with Gasteiger partial charge in [0.15, 0.2) is 6.61 Å². The highest BCUT2D eigenvalue weighted by molar-refractivity contribution is 6.32. The van der Waals surface area contributed by atoms with Crippen molar-refractivity contribution in [1.29, 1.82) is 0 Å². The monoisotopic (exact) mass is 311 g/mol. The number of piperazine rings is 1. The summed E-state index contributed by atoms with van der Waals surface area (Å²) in [4.78, 5) is 16.1. The van der Waals surface area contributed by atoms with E-state index in [1.807, 2.05) is 17.9 Å². The SMILES string of the molecule is C[C@H](N)c1ccc(OCC(=O)N2CCN(C)CC2)c(Cl)c1. The second-order valence-electron chi connectivity index (χ2n) is 5.45. The lowest BCUT2D eigenvalue weighted by atomic mass is 10.1. The molecule has 116 valence electrons. The third kappa shape index (κ3) is 4.33. The molecule has 0 aliphatic carbocycles. The molecular formula is C15H22ClN3O2. The van der Waals surface area contributed by atoms with Gasteiger partial charge in [0, 0.05) is 32.2 Å². The van der Waals surface area contributed by atoms with E-state index in [0.717, 1.165) is 31.7 Å². The van der Waals surface area contributed by atoms with E-state index in [1.165, 1.54) is 0 Å². The van der Waals surface area contributed by atoms with E-state index in [4.69, 9.17) is 22.1 Å². The highest BCUT2D eigenvalue weighted by atomic mass is 35.5. The maximum atomic E-state index is 12.1. The molecule has 1 aromatic carbocycles. The fraction of sp³-hybridized carbons (Fsp3) is 0.533. The molecule has 0 aromatic heterocycles. The average Bonchev–Trinajstić information content (AvgIpc) is 2.46. The van der Waals surface area contributed by atoms with Crippen molar-refractivity contribution in [1.82, 2.24) is 9.80 Å². The van der Waals surface area contributed by atoms with Gasteiger partial charge < -0.3 is 20.3 Å². The molecule has 2 rings (SSSR count). The van der Waals surface area contributed by atoms with Gasteiger partial charge in [-0.25, -0.2) is 0 Å². The van der Waals surface area contributed by atoms with Crippen LogP contribution in [-0.4, -0.2) is 55.5 Å². The summed E-state index contributed by atoms with van der Waals surface area (Å²) in [5.74, 6) is 0.513. The number of hydrogen-bond donors (Lipinski definition) is 1. The summed E-state index contributed by atoms with van der Waals surface area (Å²) in [6.45, 7) is 5.20. The van der Waals surface area contributed by atoms with E-state index in [2.05, 4.69) is 11.9 Å². The number of nitrogens with zero attached hydrogens (tertiary/aromatic N) is 2. The van der Waals surface area contributed by atoms with Crippen LogP contribution in [-0.2, 0) is 4.79 Å². The van der Waals surface area contributed by atoms with Crippen molar-refractivity contribution in [3.63, 3.8) is 0 Å². The molecule has 0 radical (unpaired) electrons. The van der Waals surface area contributed by atoms with E-state index in [9.17, 15) is 4.79 Å². The van der Waals surface area contributed by atoms with Crippen molar-refractivity contribution in [2.75, 3.05) is 39.8 Å². The van der Waals surface area contributed by atoms with Gasteiger partial charge in [-0.2, -0.15) is 0 Å². The molecular weight excluding hydrogens is 290 g/mol. The molecule has 2 N–H and O–H groups in total. The molecule has 1 atom stereocenters. The molecule has 1 amide bonds. The molecule has 5 nitrogen and oxygen atoms in total. The zero-order valence-electron chi connectivity index (χ0n) is 12.5. The Labute approximate surface area is 130 Å². The van der Waals surface area contributed by atoms with Gasteiger partial charge in [-0.05, 0) is 31.7 Å². The predicted octanol–water partition coefficient (Wildman–Crippen LogP) is 1.51. The van der Waals surface area contributed by atoms with Crippen LogP contribution in [0.4, 0.5) is 0 Å². The standard InChI is InChI=1S/C15H22ClN3O2/c1-11(17)12-3-4-14(13(16)9-12)21-10-15(20)19-7-5-18(2)6-8-19/h3-4,9,11H,5-8,10,17H2,1-2H3/t11-/m0/s1. The summed E-state index contributed by atoms with van der Waals surface area (Å²) in [7, 11) is 2.05. The lowest BCUT2D eigenvalue weighted by molar-refractivity contribution is -0.134. The Morgan fingerprint density at radius 2 is 2.05 bits per heavy atom. The maximum Gasteiger partial charge on any atom is 0.260 e. The van der Waals surface area contributed by atoms with Crippen LogP contribution >= 0.6 is 11.6 Å². The number of ether oxygens (including phenoxy) is 1. The quantitative estimate of drug-likeness (QED) is 0.916. The Morgan fingerprint density at radius 3 is 2.62 bits per heavy atom. The lowest BCUT2D eigenvalue weighted by Crippen LogP contribution is -2.48. The molecule has 0 saturated carbocycles. The van der Waals surface area contributed by atoms with E-state index < -0.39 is 0 Å². The second kappa shape index (κ2) is 7.11. The van der Waals surface area contributed by atoms with Gasteiger partial charge >= 0.3 is 0 Å². The van der Waals surface area contributed by atoms with E-state index >= 15 is 0 Å². The minimum Gasteiger partial charge on any atom is -0.482 e. The molecule has 1 heterocycles. The number of likely N-dealkylation sites (N-methyl/N-ethyl adjacent to an activating group) is 1. The predicted molar refractivity (Wildman–Crippen MR) is 83.6 cm³/mol. The molecule has 21 heavy (non-hydrogen) atoms. The first-order chi connectivity index (χ1) is 9.97. The largest absolute Gasteiger partial charge is 0.482 e. The zero-order chi connectivity index (χ0) is 15.4. The van der Waals surface area contributed by atoms with Crippen LogP contribution in [0, 0.1) is 0 Å². The van der Waals surface area contributed by atoms with Gasteiger partial charge in [-0.1, -0.05) is 17.7 Å². The minimum absolute atomic E-state index is 0.00423. The number of nitrogens with two attached hydrogens (primary N) is 1. The third-order valence-electron chi connectivity index (χ3n) is 3.69. The van der Waals surface area contributed by atoms with Gasteiger partial charge in [0.25, 0.3) is 5.91 Å².